The third-order valence-electron chi connectivity index (χ3n) is 2.10. The van der Waals surface area contributed by atoms with Crippen molar-refractivity contribution in [1.82, 2.24) is 9.97 Å². The van der Waals surface area contributed by atoms with Crippen LogP contribution < -0.4 is 5.32 Å². The van der Waals surface area contributed by atoms with Crippen LogP contribution in [0, 0.1) is 11.6 Å². The highest BCUT2D eigenvalue weighted by Crippen LogP contribution is 2.24. The van der Waals surface area contributed by atoms with Crippen LogP contribution in [0.1, 0.15) is 0 Å². The summed E-state index contributed by atoms with van der Waals surface area (Å²) in [5, 5.41) is 2.71. The summed E-state index contributed by atoms with van der Waals surface area (Å²) in [5.74, 6) is -0.957. The number of nitrogens with zero attached hydrogens (tertiary/aromatic N) is 2. The molecule has 3 nitrogen and oxygen atoms in total. The molecule has 0 atom stereocenters. The van der Waals surface area contributed by atoms with Gasteiger partial charge in [-0.1, -0.05) is 6.07 Å². The molecule has 2 aromatic rings. The number of aromatic nitrogens is 2. The summed E-state index contributed by atoms with van der Waals surface area (Å²) in [6.45, 7) is 0. The second-order valence-electron chi connectivity index (χ2n) is 3.11. The minimum Gasteiger partial charge on any atom is -0.357 e. The lowest BCUT2D eigenvalue weighted by Gasteiger charge is -2.05. The SMILES string of the molecule is CNc1nccc(-c2c(F)cccc2F)n1. The quantitative estimate of drug-likeness (QED) is 0.846. The molecule has 0 aliphatic carbocycles. The molecule has 0 amide bonds. The monoisotopic (exact) mass is 221 g/mol. The molecule has 5 heteroatoms. The smallest absolute Gasteiger partial charge is 0.222 e. The van der Waals surface area contributed by atoms with Gasteiger partial charge in [-0.15, -0.1) is 0 Å². The largest absolute Gasteiger partial charge is 0.357 e. The van der Waals surface area contributed by atoms with E-state index in [2.05, 4.69) is 15.3 Å². The summed E-state index contributed by atoms with van der Waals surface area (Å²) < 4.78 is 26.9. The summed E-state index contributed by atoms with van der Waals surface area (Å²) in [4.78, 5) is 7.86. The second kappa shape index (κ2) is 4.22. The minimum absolute atomic E-state index is 0.138. The molecule has 1 aromatic heterocycles. The van der Waals surface area contributed by atoms with Crippen LogP contribution in [-0.2, 0) is 0 Å². The van der Waals surface area contributed by atoms with Crippen molar-refractivity contribution in [3.8, 4) is 11.3 Å². The van der Waals surface area contributed by atoms with Crippen molar-refractivity contribution < 1.29 is 8.78 Å². The number of hydrogen-bond donors (Lipinski definition) is 1. The van der Waals surface area contributed by atoms with Gasteiger partial charge in [0.05, 0.1) is 11.3 Å². The number of hydrogen-bond acceptors (Lipinski definition) is 3. The molecular formula is C11H9F2N3. The molecule has 0 aliphatic heterocycles. The van der Waals surface area contributed by atoms with E-state index < -0.39 is 11.6 Å². The molecule has 0 bridgehead atoms. The van der Waals surface area contributed by atoms with Crippen LogP contribution in [0.3, 0.4) is 0 Å². The van der Waals surface area contributed by atoms with Gasteiger partial charge in [0.1, 0.15) is 11.6 Å². The molecule has 82 valence electrons. The highest BCUT2D eigenvalue weighted by molar-refractivity contribution is 5.61. The maximum atomic E-state index is 13.5. The van der Waals surface area contributed by atoms with Gasteiger partial charge >= 0.3 is 0 Å². The van der Waals surface area contributed by atoms with Crippen molar-refractivity contribution in [3.05, 3.63) is 42.1 Å². The Balaban J connectivity index is 2.58. The number of nitrogens with one attached hydrogen (secondary N) is 1. The zero-order valence-electron chi connectivity index (χ0n) is 8.54. The van der Waals surface area contributed by atoms with E-state index in [0.717, 1.165) is 0 Å². The van der Waals surface area contributed by atoms with Crippen molar-refractivity contribution in [3.63, 3.8) is 0 Å². The molecule has 0 saturated carbocycles. The van der Waals surface area contributed by atoms with E-state index in [9.17, 15) is 8.78 Å². The number of benzene rings is 1. The first-order valence-electron chi connectivity index (χ1n) is 4.67. The minimum atomic E-state index is -0.638. The van der Waals surface area contributed by atoms with Crippen LogP contribution in [0.15, 0.2) is 30.5 Å². The lowest BCUT2D eigenvalue weighted by molar-refractivity contribution is 0.588. The fraction of sp³-hybridized carbons (Fsp3) is 0.0909. The Hall–Kier alpha value is -2.04. The van der Waals surface area contributed by atoms with E-state index >= 15 is 0 Å². The number of anilines is 1. The van der Waals surface area contributed by atoms with E-state index in [-0.39, 0.29) is 11.3 Å². The van der Waals surface area contributed by atoms with Gasteiger partial charge in [0.2, 0.25) is 5.95 Å². The highest BCUT2D eigenvalue weighted by atomic mass is 19.1. The van der Waals surface area contributed by atoms with Gasteiger partial charge in [-0.3, -0.25) is 0 Å². The van der Waals surface area contributed by atoms with Crippen molar-refractivity contribution >= 4 is 5.95 Å². The Morgan fingerprint density at radius 1 is 1.12 bits per heavy atom. The van der Waals surface area contributed by atoms with Crippen LogP contribution in [0.2, 0.25) is 0 Å². The van der Waals surface area contributed by atoms with Crippen molar-refractivity contribution in [2.45, 2.75) is 0 Å². The van der Waals surface area contributed by atoms with Crippen LogP contribution in [-0.4, -0.2) is 17.0 Å². The zero-order valence-corrected chi connectivity index (χ0v) is 8.54. The standard InChI is InChI=1S/C11H9F2N3/c1-14-11-15-6-5-9(16-11)10-7(12)3-2-4-8(10)13/h2-6H,1H3,(H,14,15,16). The first kappa shape index (κ1) is 10.5. The topological polar surface area (TPSA) is 37.8 Å². The third-order valence-corrected chi connectivity index (χ3v) is 2.10. The normalized spacial score (nSPS) is 10.2. The highest BCUT2D eigenvalue weighted by Gasteiger charge is 2.12. The molecule has 1 heterocycles. The maximum Gasteiger partial charge on any atom is 0.222 e. The first-order chi connectivity index (χ1) is 7.72. The summed E-state index contributed by atoms with van der Waals surface area (Å²) >= 11 is 0. The van der Waals surface area contributed by atoms with Crippen molar-refractivity contribution in [2.24, 2.45) is 0 Å². The lowest BCUT2D eigenvalue weighted by atomic mass is 10.1. The van der Waals surface area contributed by atoms with E-state index in [1.165, 1.54) is 30.5 Å². The van der Waals surface area contributed by atoms with Crippen LogP contribution in [0.4, 0.5) is 14.7 Å². The van der Waals surface area contributed by atoms with Crippen molar-refractivity contribution in [1.29, 1.82) is 0 Å². The summed E-state index contributed by atoms with van der Waals surface area (Å²) in [7, 11) is 1.64. The molecule has 2 rings (SSSR count). The maximum absolute atomic E-state index is 13.5. The second-order valence-corrected chi connectivity index (χ2v) is 3.11. The average molecular weight is 221 g/mol. The predicted molar refractivity (Wildman–Crippen MR) is 56.9 cm³/mol. The molecular weight excluding hydrogens is 212 g/mol. The molecule has 0 aliphatic rings. The van der Waals surface area contributed by atoms with Crippen LogP contribution in [0.5, 0.6) is 0 Å². The molecule has 0 fully saturated rings. The average Bonchev–Trinajstić information content (AvgIpc) is 2.29. The van der Waals surface area contributed by atoms with Gasteiger partial charge in [0.15, 0.2) is 0 Å². The Kier molecular flexibility index (Phi) is 2.76. The van der Waals surface area contributed by atoms with E-state index in [4.69, 9.17) is 0 Å². The van der Waals surface area contributed by atoms with E-state index in [1.54, 1.807) is 7.05 Å². The molecule has 0 unspecified atom stereocenters. The summed E-state index contributed by atoms with van der Waals surface area (Å²) in [6.07, 6.45) is 1.44. The summed E-state index contributed by atoms with van der Waals surface area (Å²) in [6, 6.07) is 5.16. The Bertz CT molecular complexity index is 494. The summed E-state index contributed by atoms with van der Waals surface area (Å²) in [5.41, 5.74) is 0.0800. The third kappa shape index (κ3) is 1.84. The molecule has 0 radical (unpaired) electrons. The Morgan fingerprint density at radius 3 is 2.44 bits per heavy atom. The number of halogens is 2. The van der Waals surface area contributed by atoms with Crippen LogP contribution in [0.25, 0.3) is 11.3 Å². The number of rotatable bonds is 2. The molecule has 0 saturated heterocycles. The van der Waals surface area contributed by atoms with Gasteiger partial charge < -0.3 is 5.32 Å². The first-order valence-corrected chi connectivity index (χ1v) is 4.67. The van der Waals surface area contributed by atoms with E-state index in [1.807, 2.05) is 0 Å². The fourth-order valence-electron chi connectivity index (χ4n) is 1.36. The van der Waals surface area contributed by atoms with Gasteiger partial charge in [0.25, 0.3) is 0 Å². The lowest BCUT2D eigenvalue weighted by Crippen LogP contribution is -1.98. The Labute approximate surface area is 91.2 Å². The van der Waals surface area contributed by atoms with Gasteiger partial charge in [-0.25, -0.2) is 18.7 Å². The molecule has 1 aromatic carbocycles. The molecule has 1 N–H and O–H groups in total. The van der Waals surface area contributed by atoms with Crippen molar-refractivity contribution in [2.75, 3.05) is 12.4 Å². The van der Waals surface area contributed by atoms with Gasteiger partial charge in [0, 0.05) is 13.2 Å². The zero-order chi connectivity index (χ0) is 11.5. The molecule has 16 heavy (non-hydrogen) atoms. The van der Waals surface area contributed by atoms with E-state index in [0.29, 0.717) is 5.95 Å². The van der Waals surface area contributed by atoms with Crippen LogP contribution >= 0.6 is 0 Å². The predicted octanol–water partition coefficient (Wildman–Crippen LogP) is 2.46. The fourth-order valence-corrected chi connectivity index (χ4v) is 1.36. The Morgan fingerprint density at radius 2 is 1.81 bits per heavy atom. The van der Waals surface area contributed by atoms with Gasteiger partial charge in [-0.2, -0.15) is 0 Å². The molecule has 0 spiro atoms. The van der Waals surface area contributed by atoms with Gasteiger partial charge in [-0.05, 0) is 18.2 Å².